The molecule has 0 aliphatic heterocycles. The molecule has 1 aromatic carbocycles. The Morgan fingerprint density at radius 3 is 2.71 bits per heavy atom. The van der Waals surface area contributed by atoms with Crippen LogP contribution in [0.2, 0.25) is 5.02 Å². The van der Waals surface area contributed by atoms with Crippen LogP contribution < -0.4 is 15.4 Å². The molecule has 0 amide bonds. The highest BCUT2D eigenvalue weighted by molar-refractivity contribution is 6.30. The molecule has 0 aliphatic rings. The number of hydrogen-bond acceptors (Lipinski definition) is 5. The molecule has 0 atom stereocenters. The van der Waals surface area contributed by atoms with Gasteiger partial charge in [0.15, 0.2) is 11.6 Å². The lowest BCUT2D eigenvalue weighted by atomic mass is 10.3. The smallest absolute Gasteiger partial charge is 0.204 e. The van der Waals surface area contributed by atoms with Crippen molar-refractivity contribution in [1.29, 1.82) is 0 Å². The first-order valence-electron chi connectivity index (χ1n) is 6.50. The molecule has 1 aromatic heterocycles. The molecule has 7 heteroatoms. The van der Waals surface area contributed by atoms with Gasteiger partial charge in [-0.15, -0.1) is 0 Å². The summed E-state index contributed by atoms with van der Waals surface area (Å²) in [5, 5.41) is 6.35. The summed E-state index contributed by atoms with van der Waals surface area (Å²) in [5.74, 6) is 0.907. The second-order valence-corrected chi connectivity index (χ2v) is 4.72. The van der Waals surface area contributed by atoms with Crippen LogP contribution in [0.15, 0.2) is 24.5 Å². The molecule has 0 bridgehead atoms. The van der Waals surface area contributed by atoms with Crippen molar-refractivity contribution in [2.24, 2.45) is 0 Å². The Balaban J connectivity index is 2.30. The molecule has 2 rings (SSSR count). The highest BCUT2D eigenvalue weighted by atomic mass is 35.5. The van der Waals surface area contributed by atoms with Gasteiger partial charge in [-0.3, -0.25) is 0 Å². The van der Waals surface area contributed by atoms with Gasteiger partial charge in [-0.2, -0.15) is 0 Å². The normalized spacial score (nSPS) is 10.3. The summed E-state index contributed by atoms with van der Waals surface area (Å²) in [6.07, 6.45) is 2.33. The fourth-order valence-corrected chi connectivity index (χ4v) is 1.90. The van der Waals surface area contributed by atoms with Crippen LogP contribution in [0.25, 0.3) is 0 Å². The Labute approximate surface area is 127 Å². The van der Waals surface area contributed by atoms with Crippen LogP contribution in [0.1, 0.15) is 13.3 Å². The molecule has 0 radical (unpaired) electrons. The average molecular weight is 311 g/mol. The van der Waals surface area contributed by atoms with E-state index in [-0.39, 0.29) is 5.69 Å². The van der Waals surface area contributed by atoms with Crippen molar-refractivity contribution in [2.75, 3.05) is 24.3 Å². The van der Waals surface area contributed by atoms with Crippen molar-refractivity contribution in [3.63, 3.8) is 0 Å². The predicted molar refractivity (Wildman–Crippen MR) is 82.1 cm³/mol. The van der Waals surface area contributed by atoms with E-state index in [0.29, 0.717) is 22.4 Å². The summed E-state index contributed by atoms with van der Waals surface area (Å²) in [6, 6.07) is 4.36. The summed E-state index contributed by atoms with van der Waals surface area (Å²) >= 11 is 5.73. The van der Waals surface area contributed by atoms with E-state index in [1.54, 1.807) is 12.1 Å². The van der Waals surface area contributed by atoms with Crippen LogP contribution in [0.4, 0.5) is 21.7 Å². The molecule has 0 saturated carbocycles. The van der Waals surface area contributed by atoms with Crippen LogP contribution in [0.5, 0.6) is 5.75 Å². The highest BCUT2D eigenvalue weighted by Gasteiger charge is 2.13. The van der Waals surface area contributed by atoms with Gasteiger partial charge in [0.2, 0.25) is 5.75 Å². The number of hydrogen-bond donors (Lipinski definition) is 2. The van der Waals surface area contributed by atoms with Crippen LogP contribution in [0, 0.1) is 5.82 Å². The topological polar surface area (TPSA) is 59.1 Å². The number of ether oxygens (including phenoxy) is 1. The number of anilines is 3. The maximum Gasteiger partial charge on any atom is 0.204 e. The molecule has 2 aromatic rings. The van der Waals surface area contributed by atoms with Gasteiger partial charge in [0.1, 0.15) is 12.1 Å². The Kier molecular flexibility index (Phi) is 5.16. The number of nitrogens with zero attached hydrogens (tertiary/aromatic N) is 2. The quantitative estimate of drug-likeness (QED) is 0.849. The minimum atomic E-state index is -0.466. The predicted octanol–water partition coefficient (Wildman–Crippen LogP) is 3.84. The lowest BCUT2D eigenvalue weighted by Crippen LogP contribution is -2.07. The molecule has 0 spiro atoms. The zero-order chi connectivity index (χ0) is 15.2. The number of aromatic nitrogens is 2. The van der Waals surface area contributed by atoms with E-state index in [4.69, 9.17) is 16.3 Å². The summed E-state index contributed by atoms with van der Waals surface area (Å²) in [5.41, 5.74) is 0.262. The Hall–Kier alpha value is -2.08. The SMILES string of the molecule is CCCNc1ncnc(Nc2ccc(Cl)cc2F)c1OC. The van der Waals surface area contributed by atoms with Crippen molar-refractivity contribution in [1.82, 2.24) is 9.97 Å². The van der Waals surface area contributed by atoms with Gasteiger partial charge in [0.05, 0.1) is 12.8 Å². The molecule has 1 heterocycles. The van der Waals surface area contributed by atoms with E-state index in [9.17, 15) is 4.39 Å². The molecule has 21 heavy (non-hydrogen) atoms. The van der Waals surface area contributed by atoms with Crippen molar-refractivity contribution in [3.05, 3.63) is 35.4 Å². The van der Waals surface area contributed by atoms with Crippen LogP contribution in [-0.2, 0) is 0 Å². The first kappa shape index (κ1) is 15.3. The Bertz CT molecular complexity index is 624. The van der Waals surface area contributed by atoms with Crippen molar-refractivity contribution >= 4 is 28.9 Å². The van der Waals surface area contributed by atoms with Gasteiger partial charge in [-0.05, 0) is 24.6 Å². The van der Waals surface area contributed by atoms with Crippen molar-refractivity contribution in [3.8, 4) is 5.75 Å². The van der Waals surface area contributed by atoms with Crippen LogP contribution in [-0.4, -0.2) is 23.6 Å². The number of nitrogens with one attached hydrogen (secondary N) is 2. The van der Waals surface area contributed by atoms with E-state index in [0.717, 1.165) is 13.0 Å². The third kappa shape index (κ3) is 3.72. The fourth-order valence-electron chi connectivity index (χ4n) is 1.74. The van der Waals surface area contributed by atoms with E-state index in [2.05, 4.69) is 20.6 Å². The van der Waals surface area contributed by atoms with Gasteiger partial charge in [0, 0.05) is 11.6 Å². The van der Waals surface area contributed by atoms with Gasteiger partial charge in [-0.25, -0.2) is 14.4 Å². The van der Waals surface area contributed by atoms with Crippen molar-refractivity contribution in [2.45, 2.75) is 13.3 Å². The van der Waals surface area contributed by atoms with Crippen molar-refractivity contribution < 1.29 is 9.13 Å². The standard InChI is InChI=1S/C14H16ClFN4O/c1-3-6-17-13-12(21-2)14(19-8-18-13)20-11-5-4-9(15)7-10(11)16/h4-5,7-8H,3,6H2,1-2H3,(H2,17,18,19,20). The first-order chi connectivity index (χ1) is 10.2. The van der Waals surface area contributed by atoms with E-state index in [1.165, 1.54) is 19.5 Å². The van der Waals surface area contributed by atoms with Gasteiger partial charge >= 0.3 is 0 Å². The summed E-state index contributed by atoms with van der Waals surface area (Å²) in [7, 11) is 1.51. The second-order valence-electron chi connectivity index (χ2n) is 4.28. The average Bonchev–Trinajstić information content (AvgIpc) is 2.48. The maximum atomic E-state index is 13.8. The molecule has 0 fully saturated rings. The highest BCUT2D eigenvalue weighted by Crippen LogP contribution is 2.32. The van der Waals surface area contributed by atoms with E-state index >= 15 is 0 Å². The zero-order valence-corrected chi connectivity index (χ0v) is 12.5. The Morgan fingerprint density at radius 2 is 2.05 bits per heavy atom. The molecular formula is C14H16ClFN4O. The summed E-state index contributed by atoms with van der Waals surface area (Å²) in [4.78, 5) is 8.21. The molecule has 5 nitrogen and oxygen atoms in total. The third-order valence-corrected chi connectivity index (χ3v) is 2.97. The van der Waals surface area contributed by atoms with E-state index in [1.807, 2.05) is 6.92 Å². The molecule has 0 unspecified atom stereocenters. The fraction of sp³-hybridized carbons (Fsp3) is 0.286. The number of halogens is 2. The number of rotatable bonds is 6. The zero-order valence-electron chi connectivity index (χ0n) is 11.8. The monoisotopic (exact) mass is 310 g/mol. The Morgan fingerprint density at radius 1 is 1.29 bits per heavy atom. The lowest BCUT2D eigenvalue weighted by Gasteiger charge is -2.14. The molecule has 112 valence electrons. The largest absolute Gasteiger partial charge is 0.490 e. The summed E-state index contributed by atoms with van der Waals surface area (Å²) < 4.78 is 19.1. The van der Waals surface area contributed by atoms with E-state index < -0.39 is 5.82 Å². The number of benzene rings is 1. The molecule has 0 saturated heterocycles. The first-order valence-corrected chi connectivity index (χ1v) is 6.88. The molecule has 2 N–H and O–H groups in total. The molecule has 0 aliphatic carbocycles. The van der Waals surface area contributed by atoms with Gasteiger partial charge < -0.3 is 15.4 Å². The van der Waals surface area contributed by atoms with Gasteiger partial charge in [0.25, 0.3) is 0 Å². The van der Waals surface area contributed by atoms with Crippen LogP contribution >= 0.6 is 11.6 Å². The summed E-state index contributed by atoms with van der Waals surface area (Å²) in [6.45, 7) is 2.80. The maximum absolute atomic E-state index is 13.8. The minimum absolute atomic E-state index is 0.262. The lowest BCUT2D eigenvalue weighted by molar-refractivity contribution is 0.415. The second kappa shape index (κ2) is 7.08. The molecular weight excluding hydrogens is 295 g/mol. The number of methoxy groups -OCH3 is 1. The third-order valence-electron chi connectivity index (χ3n) is 2.73. The van der Waals surface area contributed by atoms with Crippen LogP contribution in [0.3, 0.4) is 0 Å². The van der Waals surface area contributed by atoms with Gasteiger partial charge in [-0.1, -0.05) is 18.5 Å². The minimum Gasteiger partial charge on any atom is -0.490 e.